The first-order valence-electron chi connectivity index (χ1n) is 6.35. The first-order valence-corrected chi connectivity index (χ1v) is 8.08. The number of halogens is 1. The lowest BCUT2D eigenvalue weighted by Crippen LogP contribution is -2.23. The maximum Gasteiger partial charge on any atom is 0.120 e. The molecule has 0 aliphatic rings. The summed E-state index contributed by atoms with van der Waals surface area (Å²) >= 11 is 5.38. The van der Waals surface area contributed by atoms with Crippen LogP contribution in [0.5, 0.6) is 5.75 Å². The topological polar surface area (TPSA) is 21.3 Å². The smallest absolute Gasteiger partial charge is 0.120 e. The number of thiophene rings is 1. The zero-order valence-electron chi connectivity index (χ0n) is 11.2. The van der Waals surface area contributed by atoms with E-state index in [0.717, 1.165) is 23.2 Å². The molecule has 0 amide bonds. The van der Waals surface area contributed by atoms with Crippen molar-refractivity contribution >= 4 is 27.3 Å². The van der Waals surface area contributed by atoms with Gasteiger partial charge in [0.25, 0.3) is 0 Å². The van der Waals surface area contributed by atoms with Gasteiger partial charge in [-0.15, -0.1) is 0 Å². The van der Waals surface area contributed by atoms with Crippen molar-refractivity contribution in [1.82, 2.24) is 5.32 Å². The van der Waals surface area contributed by atoms with Gasteiger partial charge in [0.05, 0.1) is 13.2 Å². The molecule has 0 aliphatic heterocycles. The summed E-state index contributed by atoms with van der Waals surface area (Å²) in [5.74, 6) is 0.871. The van der Waals surface area contributed by atoms with Crippen molar-refractivity contribution in [3.8, 4) is 5.75 Å². The summed E-state index contributed by atoms with van der Waals surface area (Å²) in [4.78, 5) is 0. The first-order chi connectivity index (χ1) is 9.26. The fourth-order valence-corrected chi connectivity index (χ4v) is 3.28. The molecule has 1 atom stereocenters. The van der Waals surface area contributed by atoms with E-state index in [4.69, 9.17) is 4.74 Å². The number of hydrogen-bond donors (Lipinski definition) is 1. The average Bonchev–Trinajstić information content (AvgIpc) is 2.94. The van der Waals surface area contributed by atoms with E-state index in [2.05, 4.69) is 51.1 Å². The van der Waals surface area contributed by atoms with Crippen molar-refractivity contribution in [2.45, 2.75) is 19.4 Å². The van der Waals surface area contributed by atoms with Crippen LogP contribution in [0.1, 0.15) is 30.5 Å². The van der Waals surface area contributed by atoms with E-state index in [1.54, 1.807) is 18.4 Å². The molecule has 0 saturated carbocycles. The van der Waals surface area contributed by atoms with Crippen LogP contribution < -0.4 is 10.1 Å². The molecular formula is C15H18BrNOS. The van der Waals surface area contributed by atoms with Gasteiger partial charge in [0.15, 0.2) is 0 Å². The van der Waals surface area contributed by atoms with Crippen molar-refractivity contribution in [2.75, 3.05) is 13.7 Å². The lowest BCUT2D eigenvalue weighted by Gasteiger charge is -2.20. The van der Waals surface area contributed by atoms with Crippen LogP contribution >= 0.6 is 27.3 Å². The maximum absolute atomic E-state index is 5.25. The number of nitrogens with one attached hydrogen (secondary N) is 1. The molecule has 2 rings (SSSR count). The SMILES string of the molecule is CCCNC(c1ccsc1)c1ccc(OC)cc1Br. The second kappa shape index (κ2) is 7.08. The van der Waals surface area contributed by atoms with Gasteiger partial charge >= 0.3 is 0 Å². The molecule has 2 nitrogen and oxygen atoms in total. The zero-order valence-corrected chi connectivity index (χ0v) is 13.6. The second-order valence-electron chi connectivity index (χ2n) is 4.33. The van der Waals surface area contributed by atoms with E-state index in [0.29, 0.717) is 0 Å². The largest absolute Gasteiger partial charge is 0.497 e. The predicted molar refractivity (Wildman–Crippen MR) is 85.1 cm³/mol. The summed E-state index contributed by atoms with van der Waals surface area (Å²) in [6.07, 6.45) is 1.12. The molecule has 1 aromatic heterocycles. The maximum atomic E-state index is 5.25. The Morgan fingerprint density at radius 2 is 2.21 bits per heavy atom. The Bertz CT molecular complexity index is 513. The highest BCUT2D eigenvalue weighted by molar-refractivity contribution is 9.10. The summed E-state index contributed by atoms with van der Waals surface area (Å²) < 4.78 is 6.33. The Morgan fingerprint density at radius 3 is 2.79 bits per heavy atom. The quantitative estimate of drug-likeness (QED) is 0.829. The predicted octanol–water partition coefficient (Wildman–Crippen LogP) is 4.61. The average molecular weight is 340 g/mol. The van der Waals surface area contributed by atoms with Gasteiger partial charge in [-0.2, -0.15) is 11.3 Å². The summed E-state index contributed by atoms with van der Waals surface area (Å²) in [5, 5.41) is 7.92. The number of benzene rings is 1. The van der Waals surface area contributed by atoms with Gasteiger partial charge in [-0.25, -0.2) is 0 Å². The molecule has 0 aliphatic carbocycles. The van der Waals surface area contributed by atoms with Crippen molar-refractivity contribution < 1.29 is 4.74 Å². The van der Waals surface area contributed by atoms with Crippen molar-refractivity contribution in [2.24, 2.45) is 0 Å². The van der Waals surface area contributed by atoms with E-state index in [1.807, 2.05) is 12.1 Å². The second-order valence-corrected chi connectivity index (χ2v) is 5.97. The van der Waals surface area contributed by atoms with Gasteiger partial charge in [0.1, 0.15) is 5.75 Å². The fraction of sp³-hybridized carbons (Fsp3) is 0.333. The third-order valence-corrected chi connectivity index (χ3v) is 4.38. The van der Waals surface area contributed by atoms with Crippen LogP contribution in [0.15, 0.2) is 39.5 Å². The summed E-state index contributed by atoms with van der Waals surface area (Å²) in [6.45, 7) is 3.18. The van der Waals surface area contributed by atoms with Crippen molar-refractivity contribution in [3.05, 3.63) is 50.6 Å². The number of ether oxygens (including phenoxy) is 1. The molecule has 1 unspecified atom stereocenters. The Balaban J connectivity index is 2.32. The minimum Gasteiger partial charge on any atom is -0.497 e. The Hall–Kier alpha value is -0.840. The minimum atomic E-state index is 0.228. The van der Waals surface area contributed by atoms with Gasteiger partial charge in [-0.3, -0.25) is 0 Å². The van der Waals surface area contributed by atoms with Gasteiger partial charge in [0.2, 0.25) is 0 Å². The molecule has 2 aromatic rings. The van der Waals surface area contributed by atoms with Gasteiger partial charge in [0, 0.05) is 4.47 Å². The highest BCUT2D eigenvalue weighted by Crippen LogP contribution is 2.32. The molecule has 0 bridgehead atoms. The van der Waals surface area contributed by atoms with Crippen LogP contribution in [0, 0.1) is 0 Å². The summed E-state index contributed by atoms with van der Waals surface area (Å²) in [5.41, 5.74) is 2.55. The van der Waals surface area contributed by atoms with Gasteiger partial charge in [-0.05, 0) is 53.1 Å². The molecule has 4 heteroatoms. The number of rotatable bonds is 6. The Labute approximate surface area is 126 Å². The molecule has 1 heterocycles. The number of methoxy groups -OCH3 is 1. The zero-order chi connectivity index (χ0) is 13.7. The van der Waals surface area contributed by atoms with Gasteiger partial charge in [-0.1, -0.05) is 28.9 Å². The highest BCUT2D eigenvalue weighted by Gasteiger charge is 2.16. The molecule has 0 radical (unpaired) electrons. The molecular weight excluding hydrogens is 322 g/mol. The van der Waals surface area contributed by atoms with E-state index >= 15 is 0 Å². The molecule has 1 aromatic carbocycles. The molecule has 1 N–H and O–H groups in total. The molecule has 0 spiro atoms. The molecule has 0 fully saturated rings. The van der Waals surface area contributed by atoms with E-state index in [-0.39, 0.29) is 6.04 Å². The molecule has 0 saturated heterocycles. The van der Waals surface area contributed by atoms with Crippen molar-refractivity contribution in [3.63, 3.8) is 0 Å². The summed E-state index contributed by atoms with van der Waals surface area (Å²) in [7, 11) is 1.69. The Kier molecular flexibility index (Phi) is 5.43. The Morgan fingerprint density at radius 1 is 1.37 bits per heavy atom. The van der Waals surface area contributed by atoms with Crippen LogP contribution in [0.25, 0.3) is 0 Å². The van der Waals surface area contributed by atoms with Gasteiger partial charge < -0.3 is 10.1 Å². The van der Waals surface area contributed by atoms with Crippen LogP contribution in [0.4, 0.5) is 0 Å². The fourth-order valence-electron chi connectivity index (χ4n) is 2.00. The first kappa shape index (κ1) is 14.6. The van der Waals surface area contributed by atoms with Crippen molar-refractivity contribution in [1.29, 1.82) is 0 Å². The number of hydrogen-bond acceptors (Lipinski definition) is 3. The third kappa shape index (κ3) is 3.59. The van der Waals surface area contributed by atoms with E-state index in [9.17, 15) is 0 Å². The van der Waals surface area contributed by atoms with Crippen LogP contribution in [0.2, 0.25) is 0 Å². The lowest BCUT2D eigenvalue weighted by molar-refractivity contribution is 0.414. The third-order valence-electron chi connectivity index (χ3n) is 2.99. The standard InChI is InChI=1S/C15H18BrNOS/c1-3-7-17-15(11-6-8-19-10-11)13-5-4-12(18-2)9-14(13)16/h4-6,8-10,15,17H,3,7H2,1-2H3. The summed E-state index contributed by atoms with van der Waals surface area (Å²) in [6, 6.07) is 8.55. The lowest BCUT2D eigenvalue weighted by atomic mass is 10.0. The molecule has 19 heavy (non-hydrogen) atoms. The highest BCUT2D eigenvalue weighted by atomic mass is 79.9. The molecule has 102 valence electrons. The monoisotopic (exact) mass is 339 g/mol. The van der Waals surface area contributed by atoms with E-state index < -0.39 is 0 Å². The minimum absolute atomic E-state index is 0.228. The van der Waals surface area contributed by atoms with E-state index in [1.165, 1.54) is 11.1 Å². The van der Waals surface area contributed by atoms with Crippen LogP contribution in [-0.2, 0) is 0 Å². The van der Waals surface area contributed by atoms with Crippen LogP contribution in [0.3, 0.4) is 0 Å². The normalized spacial score (nSPS) is 12.4. The van der Waals surface area contributed by atoms with Crippen LogP contribution in [-0.4, -0.2) is 13.7 Å².